The van der Waals surface area contributed by atoms with Gasteiger partial charge in [-0.2, -0.15) is 5.10 Å². The third kappa shape index (κ3) is 2.53. The second-order valence-corrected chi connectivity index (χ2v) is 5.43. The molecule has 0 fully saturated rings. The number of hydrogen-bond acceptors (Lipinski definition) is 4. The van der Waals surface area contributed by atoms with Gasteiger partial charge in [0.25, 0.3) is 0 Å². The summed E-state index contributed by atoms with van der Waals surface area (Å²) in [5, 5.41) is 9.76. The van der Waals surface area contributed by atoms with Gasteiger partial charge in [0.1, 0.15) is 5.82 Å². The topological polar surface area (TPSA) is 67.6 Å². The van der Waals surface area contributed by atoms with E-state index in [0.717, 1.165) is 10.4 Å². The number of nitrogens with one attached hydrogen (secondary N) is 1. The van der Waals surface area contributed by atoms with Crippen LogP contribution in [0.4, 0.5) is 0 Å². The van der Waals surface area contributed by atoms with Gasteiger partial charge in [0.15, 0.2) is 5.82 Å². The van der Waals surface area contributed by atoms with Gasteiger partial charge in [-0.3, -0.25) is 5.10 Å². The molecule has 0 saturated carbocycles. The SMILES string of the molecule is NC(c1ccc(Cl)cc1)c1nc(-c2cccs2)n[nH]1. The second-order valence-electron chi connectivity index (χ2n) is 4.05. The molecule has 19 heavy (non-hydrogen) atoms. The minimum absolute atomic E-state index is 0.335. The minimum Gasteiger partial charge on any atom is -0.318 e. The molecule has 0 spiro atoms. The lowest BCUT2D eigenvalue weighted by Gasteiger charge is -2.08. The van der Waals surface area contributed by atoms with E-state index in [1.54, 1.807) is 11.3 Å². The van der Waals surface area contributed by atoms with Crippen LogP contribution in [0.15, 0.2) is 41.8 Å². The van der Waals surface area contributed by atoms with Crippen LogP contribution in [0.2, 0.25) is 5.02 Å². The molecule has 3 N–H and O–H groups in total. The van der Waals surface area contributed by atoms with Gasteiger partial charge in [-0.15, -0.1) is 11.3 Å². The van der Waals surface area contributed by atoms with Crippen molar-refractivity contribution in [3.8, 4) is 10.7 Å². The molecule has 1 unspecified atom stereocenters. The Bertz CT molecular complexity index is 660. The molecule has 0 bridgehead atoms. The van der Waals surface area contributed by atoms with Gasteiger partial charge in [-0.25, -0.2) is 4.98 Å². The molecule has 1 atom stereocenters. The van der Waals surface area contributed by atoms with Crippen molar-refractivity contribution >= 4 is 22.9 Å². The van der Waals surface area contributed by atoms with Crippen molar-refractivity contribution in [1.82, 2.24) is 15.2 Å². The number of hydrogen-bond donors (Lipinski definition) is 2. The first kappa shape index (κ1) is 12.3. The third-order valence-electron chi connectivity index (χ3n) is 2.77. The summed E-state index contributed by atoms with van der Waals surface area (Å²) in [4.78, 5) is 5.46. The fourth-order valence-electron chi connectivity index (χ4n) is 1.76. The Morgan fingerprint density at radius 1 is 1.21 bits per heavy atom. The summed E-state index contributed by atoms with van der Waals surface area (Å²) in [5.74, 6) is 1.32. The van der Waals surface area contributed by atoms with Crippen molar-refractivity contribution in [2.75, 3.05) is 0 Å². The minimum atomic E-state index is -0.335. The van der Waals surface area contributed by atoms with E-state index in [0.29, 0.717) is 16.7 Å². The predicted octanol–water partition coefficient (Wildman–Crippen LogP) is 3.23. The van der Waals surface area contributed by atoms with Gasteiger partial charge in [0.2, 0.25) is 0 Å². The summed E-state index contributed by atoms with van der Waals surface area (Å²) in [5.41, 5.74) is 7.10. The number of aromatic nitrogens is 3. The van der Waals surface area contributed by atoms with E-state index in [1.807, 2.05) is 41.8 Å². The molecule has 0 amide bonds. The van der Waals surface area contributed by atoms with E-state index in [1.165, 1.54) is 0 Å². The van der Waals surface area contributed by atoms with E-state index in [9.17, 15) is 0 Å². The smallest absolute Gasteiger partial charge is 0.191 e. The summed E-state index contributed by atoms with van der Waals surface area (Å²) in [6.07, 6.45) is 0. The monoisotopic (exact) mass is 290 g/mol. The average Bonchev–Trinajstić information content (AvgIpc) is 3.10. The molecular weight excluding hydrogens is 280 g/mol. The number of halogens is 1. The van der Waals surface area contributed by atoms with E-state index in [2.05, 4.69) is 15.2 Å². The van der Waals surface area contributed by atoms with E-state index in [-0.39, 0.29) is 6.04 Å². The zero-order valence-corrected chi connectivity index (χ0v) is 11.4. The number of benzene rings is 1. The Hall–Kier alpha value is -1.69. The number of nitrogens with zero attached hydrogens (tertiary/aromatic N) is 2. The molecule has 2 heterocycles. The Kier molecular flexibility index (Phi) is 3.33. The molecule has 0 aliphatic carbocycles. The van der Waals surface area contributed by atoms with Gasteiger partial charge in [0, 0.05) is 5.02 Å². The number of nitrogens with two attached hydrogens (primary N) is 1. The first-order chi connectivity index (χ1) is 9.24. The van der Waals surface area contributed by atoms with Crippen LogP contribution < -0.4 is 5.73 Å². The lowest BCUT2D eigenvalue weighted by atomic mass is 10.1. The van der Waals surface area contributed by atoms with Crippen molar-refractivity contribution in [3.63, 3.8) is 0 Å². The van der Waals surface area contributed by atoms with E-state index in [4.69, 9.17) is 17.3 Å². The van der Waals surface area contributed by atoms with Crippen molar-refractivity contribution in [2.24, 2.45) is 5.73 Å². The number of H-pyrrole nitrogens is 1. The van der Waals surface area contributed by atoms with Crippen LogP contribution >= 0.6 is 22.9 Å². The Labute approximate surface area is 119 Å². The predicted molar refractivity (Wildman–Crippen MR) is 77.2 cm³/mol. The number of rotatable bonds is 3. The van der Waals surface area contributed by atoms with Crippen LogP contribution in [0.3, 0.4) is 0 Å². The molecule has 96 valence electrons. The molecule has 0 aliphatic rings. The average molecular weight is 291 g/mol. The highest BCUT2D eigenvalue weighted by molar-refractivity contribution is 7.13. The fraction of sp³-hybridized carbons (Fsp3) is 0.0769. The van der Waals surface area contributed by atoms with Crippen molar-refractivity contribution < 1.29 is 0 Å². The molecule has 4 nitrogen and oxygen atoms in total. The maximum atomic E-state index is 6.16. The second kappa shape index (κ2) is 5.13. The maximum Gasteiger partial charge on any atom is 0.191 e. The largest absolute Gasteiger partial charge is 0.318 e. The van der Waals surface area contributed by atoms with E-state index >= 15 is 0 Å². The Balaban J connectivity index is 1.88. The highest BCUT2D eigenvalue weighted by Gasteiger charge is 2.14. The molecule has 3 aromatic rings. The summed E-state index contributed by atoms with van der Waals surface area (Å²) in [6.45, 7) is 0. The fourth-order valence-corrected chi connectivity index (χ4v) is 2.54. The number of aromatic amines is 1. The van der Waals surface area contributed by atoms with Gasteiger partial charge in [0.05, 0.1) is 10.9 Å². The van der Waals surface area contributed by atoms with E-state index < -0.39 is 0 Å². The summed E-state index contributed by atoms with van der Waals surface area (Å²) in [6, 6.07) is 11.0. The molecule has 0 radical (unpaired) electrons. The zero-order chi connectivity index (χ0) is 13.2. The van der Waals surface area contributed by atoms with Crippen LogP contribution in [0.25, 0.3) is 10.7 Å². The molecule has 0 aliphatic heterocycles. The van der Waals surface area contributed by atoms with Crippen LogP contribution in [0.5, 0.6) is 0 Å². The highest BCUT2D eigenvalue weighted by atomic mass is 35.5. The van der Waals surface area contributed by atoms with Crippen LogP contribution in [0, 0.1) is 0 Å². The summed E-state index contributed by atoms with van der Waals surface area (Å²) in [7, 11) is 0. The molecule has 2 aromatic heterocycles. The molecular formula is C13H11ClN4S. The molecule has 6 heteroatoms. The third-order valence-corrected chi connectivity index (χ3v) is 3.89. The van der Waals surface area contributed by atoms with Gasteiger partial charge < -0.3 is 5.73 Å². The van der Waals surface area contributed by atoms with Crippen LogP contribution in [0.1, 0.15) is 17.4 Å². The standard InChI is InChI=1S/C13H11ClN4S/c14-9-5-3-8(4-6-9)11(15)13-16-12(17-18-13)10-2-1-7-19-10/h1-7,11H,15H2,(H,16,17,18). The molecule has 0 saturated heterocycles. The van der Waals surface area contributed by atoms with Gasteiger partial charge >= 0.3 is 0 Å². The summed E-state index contributed by atoms with van der Waals surface area (Å²) < 4.78 is 0. The van der Waals surface area contributed by atoms with Crippen molar-refractivity contribution in [3.05, 3.63) is 58.2 Å². The first-order valence-electron chi connectivity index (χ1n) is 5.71. The number of thiophene rings is 1. The lowest BCUT2D eigenvalue weighted by Crippen LogP contribution is -2.13. The highest BCUT2D eigenvalue weighted by Crippen LogP contribution is 2.23. The van der Waals surface area contributed by atoms with Crippen molar-refractivity contribution in [2.45, 2.75) is 6.04 Å². The van der Waals surface area contributed by atoms with Crippen LogP contribution in [-0.4, -0.2) is 15.2 Å². The maximum absolute atomic E-state index is 6.16. The van der Waals surface area contributed by atoms with Crippen molar-refractivity contribution in [1.29, 1.82) is 0 Å². The van der Waals surface area contributed by atoms with Gasteiger partial charge in [-0.1, -0.05) is 29.8 Å². The Morgan fingerprint density at radius 2 is 2.00 bits per heavy atom. The molecule has 3 rings (SSSR count). The Morgan fingerprint density at radius 3 is 2.68 bits per heavy atom. The zero-order valence-electron chi connectivity index (χ0n) is 9.88. The molecule has 1 aromatic carbocycles. The normalized spacial score (nSPS) is 12.5. The van der Waals surface area contributed by atoms with Gasteiger partial charge in [-0.05, 0) is 29.1 Å². The lowest BCUT2D eigenvalue weighted by molar-refractivity contribution is 0.787. The first-order valence-corrected chi connectivity index (χ1v) is 6.97. The summed E-state index contributed by atoms with van der Waals surface area (Å²) >= 11 is 7.45. The quantitative estimate of drug-likeness (QED) is 0.778. The van der Waals surface area contributed by atoms with Crippen LogP contribution in [-0.2, 0) is 0 Å².